The Morgan fingerprint density at radius 3 is 2.10 bits per heavy atom. The van der Waals surface area contributed by atoms with Gasteiger partial charge in [0.05, 0.1) is 6.04 Å². The Hall–Kier alpha value is -0.280. The van der Waals surface area contributed by atoms with Gasteiger partial charge in [-0.25, -0.2) is 0 Å². The minimum atomic E-state index is 0. The maximum atomic E-state index is 11.7. The molecule has 1 amide bonds. The van der Waals surface area contributed by atoms with Crippen molar-refractivity contribution >= 4 is 18.3 Å². The van der Waals surface area contributed by atoms with Crippen LogP contribution in [-0.2, 0) is 4.79 Å². The number of hydrogen-bond donors (Lipinski definition) is 2. The van der Waals surface area contributed by atoms with E-state index in [9.17, 15) is 4.79 Å². The highest BCUT2D eigenvalue weighted by Gasteiger charge is 2.20. The lowest BCUT2D eigenvalue weighted by Gasteiger charge is -2.10. The summed E-state index contributed by atoms with van der Waals surface area (Å²) in [6.07, 6.45) is 15.6. The molecule has 0 aromatic rings. The van der Waals surface area contributed by atoms with Gasteiger partial charge in [-0.3, -0.25) is 4.79 Å². The van der Waals surface area contributed by atoms with E-state index in [0.717, 1.165) is 32.4 Å². The molecule has 2 N–H and O–H groups in total. The molecule has 0 aromatic heterocycles. The van der Waals surface area contributed by atoms with Crippen LogP contribution in [0.5, 0.6) is 0 Å². The van der Waals surface area contributed by atoms with E-state index in [-0.39, 0.29) is 24.4 Å². The van der Waals surface area contributed by atoms with Gasteiger partial charge in [-0.05, 0) is 25.8 Å². The number of rotatable bonds is 12. The van der Waals surface area contributed by atoms with Crippen LogP contribution in [0.25, 0.3) is 0 Å². The first-order valence-corrected chi connectivity index (χ1v) is 8.85. The highest BCUT2D eigenvalue weighted by molar-refractivity contribution is 5.85. The Morgan fingerprint density at radius 2 is 1.57 bits per heavy atom. The minimum Gasteiger partial charge on any atom is -0.355 e. The standard InChI is InChI=1S/C17H34N2O.ClH/c1-2-3-4-5-6-7-8-9-10-11-14-19-17(20)16-13-12-15-18-16;/h16,18H,2-15H2,1H3,(H,19,20);1H/t16-;/m0./s1. The van der Waals surface area contributed by atoms with Crippen LogP contribution < -0.4 is 10.6 Å². The molecule has 1 fully saturated rings. The summed E-state index contributed by atoms with van der Waals surface area (Å²) in [5.74, 6) is 0.207. The smallest absolute Gasteiger partial charge is 0.237 e. The summed E-state index contributed by atoms with van der Waals surface area (Å²) < 4.78 is 0. The third-order valence-electron chi connectivity index (χ3n) is 4.21. The topological polar surface area (TPSA) is 41.1 Å². The number of unbranched alkanes of at least 4 members (excludes halogenated alkanes) is 9. The van der Waals surface area contributed by atoms with Gasteiger partial charge in [0.2, 0.25) is 5.91 Å². The molecule has 3 nitrogen and oxygen atoms in total. The number of amides is 1. The van der Waals surface area contributed by atoms with Crippen molar-refractivity contribution in [2.45, 2.75) is 90.0 Å². The Labute approximate surface area is 137 Å². The van der Waals surface area contributed by atoms with Crippen LogP contribution in [-0.4, -0.2) is 25.0 Å². The number of nitrogens with one attached hydrogen (secondary N) is 2. The maximum absolute atomic E-state index is 11.7. The minimum absolute atomic E-state index is 0. The fraction of sp³-hybridized carbons (Fsp3) is 0.941. The summed E-state index contributed by atoms with van der Waals surface area (Å²) in [4.78, 5) is 11.7. The lowest BCUT2D eigenvalue weighted by atomic mass is 10.1. The van der Waals surface area contributed by atoms with Gasteiger partial charge in [-0.15, -0.1) is 12.4 Å². The molecule has 1 aliphatic heterocycles. The average Bonchev–Trinajstić information content (AvgIpc) is 2.99. The number of carbonyl (C=O) groups is 1. The Kier molecular flexibility index (Phi) is 14.5. The predicted octanol–water partition coefficient (Wildman–Crippen LogP) is 4.20. The van der Waals surface area contributed by atoms with E-state index in [2.05, 4.69) is 17.6 Å². The summed E-state index contributed by atoms with van der Waals surface area (Å²) in [6.45, 7) is 4.12. The van der Waals surface area contributed by atoms with Gasteiger partial charge in [0.25, 0.3) is 0 Å². The van der Waals surface area contributed by atoms with Gasteiger partial charge in [0, 0.05) is 6.54 Å². The van der Waals surface area contributed by atoms with Crippen molar-refractivity contribution in [3.05, 3.63) is 0 Å². The molecule has 1 rings (SSSR count). The molecule has 1 heterocycles. The molecule has 1 atom stereocenters. The van der Waals surface area contributed by atoms with Crippen LogP contribution in [0, 0.1) is 0 Å². The monoisotopic (exact) mass is 318 g/mol. The summed E-state index contributed by atoms with van der Waals surface area (Å²) in [5, 5.41) is 6.28. The van der Waals surface area contributed by atoms with Crippen LogP contribution in [0.2, 0.25) is 0 Å². The van der Waals surface area contributed by atoms with Gasteiger partial charge in [0.1, 0.15) is 0 Å². The summed E-state index contributed by atoms with van der Waals surface area (Å²) in [5.41, 5.74) is 0. The SMILES string of the molecule is CCCCCCCCCCCCNC(=O)[C@@H]1CCCN1.Cl. The third kappa shape index (κ3) is 11.0. The lowest BCUT2D eigenvalue weighted by molar-refractivity contribution is -0.122. The second-order valence-corrected chi connectivity index (χ2v) is 6.12. The largest absolute Gasteiger partial charge is 0.355 e. The van der Waals surface area contributed by atoms with Crippen LogP contribution in [0.3, 0.4) is 0 Å². The molecule has 0 unspecified atom stereocenters. The zero-order valence-electron chi connectivity index (χ0n) is 13.8. The van der Waals surface area contributed by atoms with Crippen LogP contribution in [0.4, 0.5) is 0 Å². The first-order chi connectivity index (χ1) is 9.84. The normalized spacial score (nSPS) is 17.5. The van der Waals surface area contributed by atoms with Crippen molar-refractivity contribution in [3.8, 4) is 0 Å². The molecule has 21 heavy (non-hydrogen) atoms. The molecule has 0 spiro atoms. The highest BCUT2D eigenvalue weighted by atomic mass is 35.5. The third-order valence-corrected chi connectivity index (χ3v) is 4.21. The van der Waals surface area contributed by atoms with Crippen molar-refractivity contribution in [2.75, 3.05) is 13.1 Å². The van der Waals surface area contributed by atoms with E-state index in [1.165, 1.54) is 57.8 Å². The molecular weight excluding hydrogens is 284 g/mol. The maximum Gasteiger partial charge on any atom is 0.237 e. The second-order valence-electron chi connectivity index (χ2n) is 6.12. The Bertz CT molecular complexity index is 243. The van der Waals surface area contributed by atoms with Crippen molar-refractivity contribution in [1.82, 2.24) is 10.6 Å². The van der Waals surface area contributed by atoms with Crippen molar-refractivity contribution in [2.24, 2.45) is 0 Å². The van der Waals surface area contributed by atoms with E-state index in [1.807, 2.05) is 0 Å². The second kappa shape index (κ2) is 14.6. The summed E-state index contributed by atoms with van der Waals surface area (Å²) in [7, 11) is 0. The van der Waals surface area contributed by atoms with Gasteiger partial charge in [-0.2, -0.15) is 0 Å². The molecule has 0 aliphatic carbocycles. The van der Waals surface area contributed by atoms with Crippen LogP contribution in [0.1, 0.15) is 84.0 Å². The number of carbonyl (C=O) groups excluding carboxylic acids is 1. The zero-order valence-corrected chi connectivity index (χ0v) is 14.6. The van der Waals surface area contributed by atoms with E-state index in [0.29, 0.717) is 0 Å². The van der Waals surface area contributed by atoms with Gasteiger partial charge in [0.15, 0.2) is 0 Å². The molecule has 1 saturated heterocycles. The highest BCUT2D eigenvalue weighted by Crippen LogP contribution is 2.10. The molecular formula is C17H35ClN2O. The van der Waals surface area contributed by atoms with Gasteiger partial charge >= 0.3 is 0 Å². The molecule has 126 valence electrons. The molecule has 4 heteroatoms. The Balaban J connectivity index is 0.00000400. The lowest BCUT2D eigenvalue weighted by Crippen LogP contribution is -2.40. The first-order valence-electron chi connectivity index (χ1n) is 8.85. The number of hydrogen-bond acceptors (Lipinski definition) is 2. The fourth-order valence-electron chi connectivity index (χ4n) is 2.86. The molecule has 0 aromatic carbocycles. The summed E-state index contributed by atoms with van der Waals surface area (Å²) in [6, 6.07) is 0.0816. The Morgan fingerprint density at radius 1 is 1.00 bits per heavy atom. The first kappa shape index (κ1) is 20.7. The predicted molar refractivity (Wildman–Crippen MR) is 93.1 cm³/mol. The average molecular weight is 319 g/mol. The van der Waals surface area contributed by atoms with Crippen molar-refractivity contribution in [1.29, 1.82) is 0 Å². The fourth-order valence-corrected chi connectivity index (χ4v) is 2.86. The molecule has 0 saturated carbocycles. The molecule has 0 bridgehead atoms. The van der Waals surface area contributed by atoms with E-state index >= 15 is 0 Å². The summed E-state index contributed by atoms with van der Waals surface area (Å²) >= 11 is 0. The zero-order chi connectivity index (χ0) is 14.5. The van der Waals surface area contributed by atoms with Crippen molar-refractivity contribution in [3.63, 3.8) is 0 Å². The van der Waals surface area contributed by atoms with Crippen molar-refractivity contribution < 1.29 is 4.79 Å². The quantitative estimate of drug-likeness (QED) is 0.530. The van der Waals surface area contributed by atoms with E-state index in [1.54, 1.807) is 0 Å². The van der Waals surface area contributed by atoms with E-state index in [4.69, 9.17) is 0 Å². The van der Waals surface area contributed by atoms with Gasteiger partial charge < -0.3 is 10.6 Å². The molecule has 1 aliphatic rings. The van der Waals surface area contributed by atoms with E-state index < -0.39 is 0 Å². The van der Waals surface area contributed by atoms with Gasteiger partial charge in [-0.1, -0.05) is 64.7 Å². The number of halogens is 1. The van der Waals surface area contributed by atoms with Crippen LogP contribution in [0.15, 0.2) is 0 Å². The molecule has 0 radical (unpaired) electrons. The van der Waals surface area contributed by atoms with Crippen LogP contribution >= 0.6 is 12.4 Å².